The van der Waals surface area contributed by atoms with E-state index in [0.29, 0.717) is 11.6 Å². The van der Waals surface area contributed by atoms with Crippen molar-refractivity contribution in [3.05, 3.63) is 29.6 Å². The van der Waals surface area contributed by atoms with Crippen molar-refractivity contribution in [1.82, 2.24) is 0 Å². The molecule has 0 radical (unpaired) electrons. The Balaban J connectivity index is 2.20. The monoisotopic (exact) mass is 251 g/mol. The fraction of sp³-hybridized carbons (Fsp3) is 0.500. The van der Waals surface area contributed by atoms with E-state index >= 15 is 0 Å². The Labute approximate surface area is 106 Å². The van der Waals surface area contributed by atoms with Crippen molar-refractivity contribution in [2.45, 2.75) is 25.7 Å². The van der Waals surface area contributed by atoms with E-state index in [1.54, 1.807) is 12.1 Å². The number of aromatic carboxylic acids is 1. The third-order valence-corrected chi connectivity index (χ3v) is 3.62. The minimum atomic E-state index is -1.21. The van der Waals surface area contributed by atoms with Crippen LogP contribution in [0.4, 0.5) is 10.1 Å². The van der Waals surface area contributed by atoms with Gasteiger partial charge < -0.3 is 10.0 Å². The molecule has 1 saturated carbocycles. The van der Waals surface area contributed by atoms with Gasteiger partial charge in [0, 0.05) is 13.6 Å². The molecule has 1 N–H and O–H groups in total. The number of halogens is 1. The summed E-state index contributed by atoms with van der Waals surface area (Å²) in [4.78, 5) is 13.0. The van der Waals surface area contributed by atoms with Crippen molar-refractivity contribution in [1.29, 1.82) is 0 Å². The first-order valence-corrected chi connectivity index (χ1v) is 6.32. The van der Waals surface area contributed by atoms with E-state index < -0.39 is 11.8 Å². The molecule has 4 heteroatoms. The molecule has 0 saturated heterocycles. The van der Waals surface area contributed by atoms with Gasteiger partial charge in [-0.15, -0.1) is 0 Å². The number of benzene rings is 1. The Morgan fingerprint density at radius 2 is 2.11 bits per heavy atom. The van der Waals surface area contributed by atoms with Crippen LogP contribution in [0.5, 0.6) is 0 Å². The topological polar surface area (TPSA) is 40.5 Å². The Kier molecular flexibility index (Phi) is 3.84. The summed E-state index contributed by atoms with van der Waals surface area (Å²) < 4.78 is 13.6. The lowest BCUT2D eigenvalue weighted by Crippen LogP contribution is -2.26. The van der Waals surface area contributed by atoms with E-state index in [4.69, 9.17) is 5.11 Å². The molecule has 0 heterocycles. The maximum atomic E-state index is 13.6. The first kappa shape index (κ1) is 12.9. The van der Waals surface area contributed by atoms with E-state index in [2.05, 4.69) is 0 Å². The molecular formula is C14H18FNO2. The van der Waals surface area contributed by atoms with Crippen LogP contribution in [0, 0.1) is 11.7 Å². The largest absolute Gasteiger partial charge is 0.478 e. The van der Waals surface area contributed by atoms with E-state index in [9.17, 15) is 9.18 Å². The second kappa shape index (κ2) is 5.38. The molecule has 0 amide bonds. The van der Waals surface area contributed by atoms with Crippen LogP contribution >= 0.6 is 0 Å². The molecule has 3 nitrogen and oxygen atoms in total. The summed E-state index contributed by atoms with van der Waals surface area (Å²) in [6.45, 7) is 0.795. The number of anilines is 1. The summed E-state index contributed by atoms with van der Waals surface area (Å²) in [7, 11) is 1.83. The third-order valence-electron chi connectivity index (χ3n) is 3.62. The van der Waals surface area contributed by atoms with Crippen molar-refractivity contribution in [3.63, 3.8) is 0 Å². The van der Waals surface area contributed by atoms with E-state index in [1.165, 1.54) is 31.7 Å². The summed E-state index contributed by atoms with van der Waals surface area (Å²) >= 11 is 0. The van der Waals surface area contributed by atoms with Gasteiger partial charge >= 0.3 is 5.97 Å². The third kappa shape index (κ3) is 2.63. The summed E-state index contributed by atoms with van der Waals surface area (Å²) in [5.41, 5.74) is 0.243. The minimum Gasteiger partial charge on any atom is -0.478 e. The normalized spacial score (nSPS) is 15.9. The van der Waals surface area contributed by atoms with Crippen molar-refractivity contribution in [2.24, 2.45) is 5.92 Å². The Bertz CT molecular complexity index is 441. The van der Waals surface area contributed by atoms with E-state index in [1.807, 2.05) is 11.9 Å². The number of rotatable bonds is 4. The van der Waals surface area contributed by atoms with E-state index in [0.717, 1.165) is 6.54 Å². The molecular weight excluding hydrogens is 233 g/mol. The lowest BCUT2D eigenvalue weighted by Gasteiger charge is -2.24. The fourth-order valence-electron chi connectivity index (χ4n) is 2.72. The van der Waals surface area contributed by atoms with Crippen LogP contribution in [-0.2, 0) is 0 Å². The van der Waals surface area contributed by atoms with Crippen LogP contribution < -0.4 is 4.90 Å². The molecule has 0 bridgehead atoms. The smallest absolute Gasteiger partial charge is 0.340 e. The molecule has 98 valence electrons. The molecule has 1 aliphatic rings. The van der Waals surface area contributed by atoms with Crippen LogP contribution in [0.25, 0.3) is 0 Å². The van der Waals surface area contributed by atoms with Gasteiger partial charge in [0.15, 0.2) is 0 Å². The number of carboxylic acids is 1. The van der Waals surface area contributed by atoms with Gasteiger partial charge in [-0.25, -0.2) is 9.18 Å². The maximum Gasteiger partial charge on any atom is 0.340 e. The zero-order chi connectivity index (χ0) is 13.1. The SMILES string of the molecule is CN(CC1CCCC1)c1cccc(F)c1C(=O)O. The van der Waals surface area contributed by atoms with Crippen LogP contribution in [0.3, 0.4) is 0 Å². The van der Waals surface area contributed by atoms with Crippen molar-refractivity contribution in [2.75, 3.05) is 18.5 Å². The van der Waals surface area contributed by atoms with Gasteiger partial charge in [0.05, 0.1) is 5.69 Å². The van der Waals surface area contributed by atoms with Crippen LogP contribution in [0.15, 0.2) is 18.2 Å². The number of hydrogen-bond donors (Lipinski definition) is 1. The highest BCUT2D eigenvalue weighted by molar-refractivity contribution is 5.94. The highest BCUT2D eigenvalue weighted by Crippen LogP contribution is 2.28. The molecule has 1 aromatic carbocycles. The van der Waals surface area contributed by atoms with Gasteiger partial charge in [-0.1, -0.05) is 18.9 Å². The highest BCUT2D eigenvalue weighted by Gasteiger charge is 2.22. The molecule has 1 aromatic rings. The summed E-state index contributed by atoms with van der Waals surface area (Å²) in [6, 6.07) is 4.42. The Hall–Kier alpha value is -1.58. The second-order valence-corrected chi connectivity index (χ2v) is 4.97. The van der Waals surface area contributed by atoms with Gasteiger partial charge in [0.1, 0.15) is 11.4 Å². The summed E-state index contributed by atoms with van der Waals surface area (Å²) in [5, 5.41) is 9.09. The maximum absolute atomic E-state index is 13.6. The molecule has 0 aromatic heterocycles. The minimum absolute atomic E-state index is 0.224. The van der Waals surface area contributed by atoms with Gasteiger partial charge in [-0.3, -0.25) is 0 Å². The van der Waals surface area contributed by atoms with Crippen molar-refractivity contribution >= 4 is 11.7 Å². The predicted molar refractivity (Wildman–Crippen MR) is 68.6 cm³/mol. The fourth-order valence-corrected chi connectivity index (χ4v) is 2.72. The molecule has 0 atom stereocenters. The van der Waals surface area contributed by atoms with Gasteiger partial charge in [0.25, 0.3) is 0 Å². The van der Waals surface area contributed by atoms with Gasteiger partial charge in [-0.05, 0) is 30.9 Å². The Morgan fingerprint density at radius 1 is 1.44 bits per heavy atom. The van der Waals surface area contributed by atoms with E-state index in [-0.39, 0.29) is 5.56 Å². The lowest BCUT2D eigenvalue weighted by molar-refractivity contribution is 0.0692. The molecule has 2 rings (SSSR count). The average molecular weight is 251 g/mol. The van der Waals surface area contributed by atoms with Gasteiger partial charge in [-0.2, -0.15) is 0 Å². The number of nitrogens with zero attached hydrogens (tertiary/aromatic N) is 1. The molecule has 0 unspecified atom stereocenters. The molecule has 0 spiro atoms. The standard InChI is InChI=1S/C14H18FNO2/c1-16(9-10-5-2-3-6-10)12-8-4-7-11(15)13(12)14(17)18/h4,7-8,10H,2-3,5-6,9H2,1H3,(H,17,18). The number of carbonyl (C=O) groups is 1. The molecule has 0 aliphatic heterocycles. The molecule has 18 heavy (non-hydrogen) atoms. The lowest BCUT2D eigenvalue weighted by atomic mass is 10.1. The first-order chi connectivity index (χ1) is 8.59. The molecule has 1 fully saturated rings. The average Bonchev–Trinajstić information content (AvgIpc) is 2.80. The quantitative estimate of drug-likeness (QED) is 0.893. The van der Waals surface area contributed by atoms with Crippen LogP contribution in [0.1, 0.15) is 36.0 Å². The molecule has 1 aliphatic carbocycles. The number of hydrogen-bond acceptors (Lipinski definition) is 2. The first-order valence-electron chi connectivity index (χ1n) is 6.32. The van der Waals surface area contributed by atoms with Gasteiger partial charge in [0.2, 0.25) is 0 Å². The summed E-state index contributed by atoms with van der Waals surface area (Å²) in [6.07, 6.45) is 4.85. The van der Waals surface area contributed by atoms with Crippen LogP contribution in [-0.4, -0.2) is 24.7 Å². The second-order valence-electron chi connectivity index (χ2n) is 4.97. The zero-order valence-corrected chi connectivity index (χ0v) is 10.5. The number of carboxylic acid groups (broad SMARTS) is 1. The van der Waals surface area contributed by atoms with Crippen molar-refractivity contribution in [3.8, 4) is 0 Å². The highest BCUT2D eigenvalue weighted by atomic mass is 19.1. The van der Waals surface area contributed by atoms with Crippen LogP contribution in [0.2, 0.25) is 0 Å². The van der Waals surface area contributed by atoms with Crippen molar-refractivity contribution < 1.29 is 14.3 Å². The summed E-state index contributed by atoms with van der Waals surface area (Å²) in [5.74, 6) is -1.28. The Morgan fingerprint density at radius 3 is 2.72 bits per heavy atom. The predicted octanol–water partition coefficient (Wildman–Crippen LogP) is 3.15. The zero-order valence-electron chi connectivity index (χ0n) is 10.5.